The molecule has 1 saturated carbocycles. The van der Waals surface area contributed by atoms with E-state index in [9.17, 15) is 0 Å². The van der Waals surface area contributed by atoms with E-state index in [4.69, 9.17) is 9.97 Å². The number of aromatic nitrogens is 3. The van der Waals surface area contributed by atoms with E-state index < -0.39 is 0 Å². The predicted molar refractivity (Wildman–Crippen MR) is 117 cm³/mol. The van der Waals surface area contributed by atoms with E-state index in [2.05, 4.69) is 39.5 Å². The molecule has 3 aromatic heterocycles. The summed E-state index contributed by atoms with van der Waals surface area (Å²) in [5.41, 5.74) is 3.37. The summed E-state index contributed by atoms with van der Waals surface area (Å²) < 4.78 is 0. The number of nitrogens with zero attached hydrogens (tertiary/aromatic N) is 4. The van der Waals surface area contributed by atoms with E-state index in [0.29, 0.717) is 5.92 Å². The lowest BCUT2D eigenvalue weighted by atomic mass is 10.1. The van der Waals surface area contributed by atoms with Crippen LogP contribution in [0.15, 0.2) is 54.9 Å². The van der Waals surface area contributed by atoms with Crippen molar-refractivity contribution in [2.45, 2.75) is 18.8 Å². The zero-order chi connectivity index (χ0) is 18.8. The Morgan fingerprint density at radius 1 is 0.964 bits per heavy atom. The van der Waals surface area contributed by atoms with Gasteiger partial charge in [0.2, 0.25) is 0 Å². The van der Waals surface area contributed by atoms with Gasteiger partial charge in [-0.1, -0.05) is 6.07 Å². The number of nitrogens with one attached hydrogen (secondary N) is 1. The molecule has 0 aromatic carbocycles. The monoisotopic (exact) mass is 389 g/mol. The highest BCUT2D eigenvalue weighted by atomic mass is 32.2. The van der Waals surface area contributed by atoms with Crippen LogP contribution in [0, 0.1) is 0 Å². The SMILES string of the molecule is c1ccc(Nc2cc(C3CC3)cc(-c3ccc(N4CCSCC4)nc3)n2)nc1. The number of hydrogen-bond acceptors (Lipinski definition) is 6. The third kappa shape index (κ3) is 3.97. The fourth-order valence-corrected chi connectivity index (χ4v) is 4.40. The van der Waals surface area contributed by atoms with Gasteiger partial charge in [0.1, 0.15) is 17.5 Å². The maximum absolute atomic E-state index is 4.84. The molecule has 0 unspecified atom stereocenters. The molecule has 28 heavy (non-hydrogen) atoms. The lowest BCUT2D eigenvalue weighted by Crippen LogP contribution is -2.32. The van der Waals surface area contributed by atoms with E-state index in [-0.39, 0.29) is 0 Å². The fraction of sp³-hybridized carbons (Fsp3) is 0.318. The highest BCUT2D eigenvalue weighted by Gasteiger charge is 2.25. The smallest absolute Gasteiger partial charge is 0.132 e. The lowest BCUT2D eigenvalue weighted by Gasteiger charge is -2.27. The second kappa shape index (κ2) is 7.80. The van der Waals surface area contributed by atoms with E-state index in [0.717, 1.165) is 41.8 Å². The molecular formula is C22H23N5S. The normalized spacial score (nSPS) is 16.8. The summed E-state index contributed by atoms with van der Waals surface area (Å²) in [5, 5.41) is 3.35. The molecule has 1 N–H and O–H groups in total. The summed E-state index contributed by atoms with van der Waals surface area (Å²) in [5.74, 6) is 5.73. The Bertz CT molecular complexity index is 935. The number of rotatable bonds is 5. The van der Waals surface area contributed by atoms with Crippen molar-refractivity contribution < 1.29 is 0 Å². The van der Waals surface area contributed by atoms with Crippen LogP contribution in [0.1, 0.15) is 24.3 Å². The van der Waals surface area contributed by atoms with Gasteiger partial charge in [0.25, 0.3) is 0 Å². The van der Waals surface area contributed by atoms with Crippen molar-refractivity contribution in [1.82, 2.24) is 15.0 Å². The Kier molecular flexibility index (Phi) is 4.87. The first-order chi connectivity index (χ1) is 13.8. The van der Waals surface area contributed by atoms with Gasteiger partial charge < -0.3 is 10.2 Å². The van der Waals surface area contributed by atoms with Crippen LogP contribution in [0.2, 0.25) is 0 Å². The summed E-state index contributed by atoms with van der Waals surface area (Å²) in [6, 6.07) is 14.5. The van der Waals surface area contributed by atoms with Gasteiger partial charge in [-0.05, 0) is 60.7 Å². The highest BCUT2D eigenvalue weighted by molar-refractivity contribution is 7.99. The largest absolute Gasteiger partial charge is 0.355 e. The first-order valence-corrected chi connectivity index (χ1v) is 11.0. The molecule has 2 aliphatic rings. The molecule has 5 rings (SSSR count). The first-order valence-electron chi connectivity index (χ1n) is 9.84. The molecule has 0 amide bonds. The van der Waals surface area contributed by atoms with Gasteiger partial charge in [0.15, 0.2) is 0 Å². The zero-order valence-electron chi connectivity index (χ0n) is 15.7. The molecule has 0 atom stereocenters. The topological polar surface area (TPSA) is 53.9 Å². The molecular weight excluding hydrogens is 366 g/mol. The van der Waals surface area contributed by atoms with Gasteiger partial charge in [-0.2, -0.15) is 11.8 Å². The number of thioether (sulfide) groups is 1. The second-order valence-corrected chi connectivity index (χ2v) is 8.51. The Morgan fingerprint density at radius 2 is 1.86 bits per heavy atom. The van der Waals surface area contributed by atoms with Crippen LogP contribution >= 0.6 is 11.8 Å². The lowest BCUT2D eigenvalue weighted by molar-refractivity contribution is 0.839. The first kappa shape index (κ1) is 17.5. The minimum absolute atomic E-state index is 0.657. The average Bonchev–Trinajstić information content (AvgIpc) is 3.61. The van der Waals surface area contributed by atoms with Gasteiger partial charge in [-0.3, -0.25) is 0 Å². The van der Waals surface area contributed by atoms with Crippen molar-refractivity contribution >= 4 is 29.2 Å². The van der Waals surface area contributed by atoms with Gasteiger partial charge in [-0.15, -0.1) is 0 Å². The summed E-state index contributed by atoms with van der Waals surface area (Å²) in [6.45, 7) is 2.15. The van der Waals surface area contributed by atoms with Crippen LogP contribution in [0.25, 0.3) is 11.3 Å². The van der Waals surface area contributed by atoms with Crippen molar-refractivity contribution in [2.75, 3.05) is 34.8 Å². The number of pyridine rings is 3. The molecule has 0 bridgehead atoms. The van der Waals surface area contributed by atoms with Crippen molar-refractivity contribution in [3.63, 3.8) is 0 Å². The fourth-order valence-electron chi connectivity index (χ4n) is 3.50. The number of anilines is 3. The van der Waals surface area contributed by atoms with Crippen molar-refractivity contribution in [3.8, 4) is 11.3 Å². The van der Waals surface area contributed by atoms with Crippen LogP contribution in [0.3, 0.4) is 0 Å². The third-order valence-electron chi connectivity index (χ3n) is 5.20. The maximum Gasteiger partial charge on any atom is 0.132 e. The van der Waals surface area contributed by atoms with Crippen molar-refractivity contribution in [2.24, 2.45) is 0 Å². The quantitative estimate of drug-likeness (QED) is 0.682. The third-order valence-corrected chi connectivity index (χ3v) is 6.14. The van der Waals surface area contributed by atoms with Gasteiger partial charge in [0, 0.05) is 42.6 Å². The van der Waals surface area contributed by atoms with Crippen LogP contribution in [-0.4, -0.2) is 39.5 Å². The Labute approximate surface area is 169 Å². The van der Waals surface area contributed by atoms with Crippen LogP contribution in [0.4, 0.5) is 17.5 Å². The molecule has 2 fully saturated rings. The van der Waals surface area contributed by atoms with Gasteiger partial charge in [-0.25, -0.2) is 15.0 Å². The Hall–Kier alpha value is -2.60. The Balaban J connectivity index is 1.43. The predicted octanol–water partition coefficient (Wildman–Crippen LogP) is 4.71. The van der Waals surface area contributed by atoms with Crippen molar-refractivity contribution in [3.05, 3.63) is 60.4 Å². The molecule has 1 aliphatic heterocycles. The zero-order valence-corrected chi connectivity index (χ0v) is 16.5. The molecule has 1 aliphatic carbocycles. The minimum atomic E-state index is 0.657. The molecule has 3 aromatic rings. The molecule has 142 valence electrons. The van der Waals surface area contributed by atoms with Crippen LogP contribution in [0.5, 0.6) is 0 Å². The van der Waals surface area contributed by atoms with Gasteiger partial charge in [0.05, 0.1) is 5.69 Å². The summed E-state index contributed by atoms with van der Waals surface area (Å²) in [7, 11) is 0. The summed E-state index contributed by atoms with van der Waals surface area (Å²) in [4.78, 5) is 16.3. The molecule has 5 nitrogen and oxygen atoms in total. The van der Waals surface area contributed by atoms with E-state index in [1.54, 1.807) is 6.20 Å². The molecule has 6 heteroatoms. The van der Waals surface area contributed by atoms with Crippen LogP contribution in [-0.2, 0) is 0 Å². The average molecular weight is 390 g/mol. The second-order valence-electron chi connectivity index (χ2n) is 7.29. The van der Waals surface area contributed by atoms with Crippen molar-refractivity contribution in [1.29, 1.82) is 0 Å². The molecule has 0 radical (unpaired) electrons. The van der Waals surface area contributed by atoms with E-state index in [1.807, 2.05) is 36.2 Å². The summed E-state index contributed by atoms with van der Waals surface area (Å²) >= 11 is 2.01. The molecule has 4 heterocycles. The van der Waals surface area contributed by atoms with E-state index >= 15 is 0 Å². The standard InChI is InChI=1S/C22H23N5S/c1-2-8-23-20(3-1)26-21-14-18(16-4-5-16)13-19(25-21)17-6-7-22(24-15-17)27-9-11-28-12-10-27/h1-3,6-8,13-16H,4-5,9-12H2,(H,23,25,26). The molecule has 1 saturated heterocycles. The molecule has 0 spiro atoms. The summed E-state index contributed by atoms with van der Waals surface area (Å²) in [6.07, 6.45) is 6.27. The maximum atomic E-state index is 4.84. The van der Waals surface area contributed by atoms with Gasteiger partial charge >= 0.3 is 0 Å². The minimum Gasteiger partial charge on any atom is -0.355 e. The highest BCUT2D eigenvalue weighted by Crippen LogP contribution is 2.42. The Morgan fingerprint density at radius 3 is 2.57 bits per heavy atom. The van der Waals surface area contributed by atoms with Crippen LogP contribution < -0.4 is 10.2 Å². The number of hydrogen-bond donors (Lipinski definition) is 1. The van der Waals surface area contributed by atoms with E-state index in [1.165, 1.54) is 29.9 Å².